The minimum Gasteiger partial charge on any atom is -0.466 e. The van der Waals surface area contributed by atoms with Crippen molar-refractivity contribution in [2.24, 2.45) is 5.92 Å². The summed E-state index contributed by atoms with van der Waals surface area (Å²) in [5.41, 5.74) is 0.376. The third-order valence-electron chi connectivity index (χ3n) is 3.44. The highest BCUT2D eigenvalue weighted by Gasteiger charge is 2.29. The lowest BCUT2D eigenvalue weighted by molar-refractivity contribution is -0.149. The topological polar surface area (TPSA) is 59.5 Å². The summed E-state index contributed by atoms with van der Waals surface area (Å²) in [4.78, 5) is 29.8. The first-order valence-electron chi connectivity index (χ1n) is 6.80. The predicted octanol–water partition coefficient (Wildman–Crippen LogP) is 2.91. The molecule has 1 fully saturated rings. The lowest BCUT2D eigenvalue weighted by Gasteiger charge is -2.31. The number of aromatic nitrogens is 1. The lowest BCUT2D eigenvalue weighted by atomic mass is 9.96. The molecule has 1 amide bonds. The second-order valence-corrected chi connectivity index (χ2v) is 6.08. The molecule has 1 saturated heterocycles. The van der Waals surface area contributed by atoms with E-state index in [1.807, 2.05) is 0 Å². The molecule has 0 aliphatic carbocycles. The van der Waals surface area contributed by atoms with Gasteiger partial charge in [0.05, 0.1) is 18.1 Å². The average Bonchev–Trinajstić information content (AvgIpc) is 2.49. The van der Waals surface area contributed by atoms with Crippen molar-refractivity contribution in [2.75, 3.05) is 19.7 Å². The molecule has 0 radical (unpaired) electrons. The number of esters is 1. The zero-order chi connectivity index (χ0) is 15.4. The van der Waals surface area contributed by atoms with Crippen molar-refractivity contribution in [1.29, 1.82) is 0 Å². The van der Waals surface area contributed by atoms with Crippen LogP contribution in [-0.2, 0) is 9.53 Å². The molecule has 1 aromatic heterocycles. The standard InChI is InChI=1S/C14H16BrClN2O3/c1-2-21-14(20)9-3-5-18(6-4-9)13(19)11-7-10(15)8-17-12(11)16/h7-9H,2-6H2,1H3. The quantitative estimate of drug-likeness (QED) is 0.602. The Bertz CT molecular complexity index is 545. The maximum atomic E-state index is 12.4. The molecule has 0 bridgehead atoms. The zero-order valence-corrected chi connectivity index (χ0v) is 14.0. The molecule has 1 aliphatic rings. The van der Waals surface area contributed by atoms with Crippen LogP contribution in [0.4, 0.5) is 0 Å². The Hall–Kier alpha value is -1.14. The number of carbonyl (C=O) groups is 2. The fourth-order valence-electron chi connectivity index (χ4n) is 2.32. The molecule has 0 unspecified atom stereocenters. The molecule has 1 aromatic rings. The molecule has 5 nitrogen and oxygen atoms in total. The SMILES string of the molecule is CCOC(=O)C1CCN(C(=O)c2cc(Br)cnc2Cl)CC1. The van der Waals surface area contributed by atoms with Crippen molar-refractivity contribution in [1.82, 2.24) is 9.88 Å². The van der Waals surface area contributed by atoms with Gasteiger partial charge in [-0.25, -0.2) is 4.98 Å². The van der Waals surface area contributed by atoms with Crippen LogP contribution in [0.3, 0.4) is 0 Å². The highest BCUT2D eigenvalue weighted by atomic mass is 79.9. The second kappa shape index (κ2) is 7.22. The molecular formula is C14H16BrClN2O3. The van der Waals surface area contributed by atoms with Gasteiger partial charge < -0.3 is 9.64 Å². The fourth-order valence-corrected chi connectivity index (χ4v) is 2.84. The van der Waals surface area contributed by atoms with Crippen molar-refractivity contribution < 1.29 is 14.3 Å². The van der Waals surface area contributed by atoms with Gasteiger partial charge in [0.15, 0.2) is 0 Å². The van der Waals surface area contributed by atoms with E-state index >= 15 is 0 Å². The summed E-state index contributed by atoms with van der Waals surface area (Å²) in [6, 6.07) is 1.66. The zero-order valence-electron chi connectivity index (χ0n) is 11.6. The van der Waals surface area contributed by atoms with Crippen LogP contribution in [-0.4, -0.2) is 41.5 Å². The Morgan fingerprint density at radius 2 is 2.14 bits per heavy atom. The van der Waals surface area contributed by atoms with E-state index in [-0.39, 0.29) is 22.9 Å². The van der Waals surface area contributed by atoms with Crippen LogP contribution in [0.15, 0.2) is 16.7 Å². The van der Waals surface area contributed by atoms with Crippen molar-refractivity contribution in [3.8, 4) is 0 Å². The van der Waals surface area contributed by atoms with Gasteiger partial charge in [0.25, 0.3) is 5.91 Å². The molecule has 21 heavy (non-hydrogen) atoms. The maximum absolute atomic E-state index is 12.4. The van der Waals surface area contributed by atoms with Crippen molar-refractivity contribution >= 4 is 39.4 Å². The van der Waals surface area contributed by atoms with Crippen molar-refractivity contribution in [3.05, 3.63) is 27.5 Å². The predicted molar refractivity (Wildman–Crippen MR) is 82.2 cm³/mol. The number of piperidine rings is 1. The molecule has 114 valence electrons. The van der Waals surface area contributed by atoms with Gasteiger partial charge in [-0.15, -0.1) is 0 Å². The fraction of sp³-hybridized carbons (Fsp3) is 0.500. The van der Waals surface area contributed by atoms with E-state index in [2.05, 4.69) is 20.9 Å². The molecular weight excluding hydrogens is 360 g/mol. The van der Waals surface area contributed by atoms with E-state index in [1.165, 1.54) is 0 Å². The Morgan fingerprint density at radius 3 is 2.76 bits per heavy atom. The van der Waals surface area contributed by atoms with Crippen LogP contribution >= 0.6 is 27.5 Å². The van der Waals surface area contributed by atoms with Gasteiger partial charge in [-0.3, -0.25) is 9.59 Å². The van der Waals surface area contributed by atoms with E-state index in [0.29, 0.717) is 42.6 Å². The number of hydrogen-bond donors (Lipinski definition) is 0. The molecule has 0 spiro atoms. The van der Waals surface area contributed by atoms with E-state index in [9.17, 15) is 9.59 Å². The third-order valence-corrected chi connectivity index (χ3v) is 4.17. The molecule has 0 saturated carbocycles. The van der Waals surface area contributed by atoms with E-state index in [0.717, 1.165) is 0 Å². The number of halogens is 2. The summed E-state index contributed by atoms with van der Waals surface area (Å²) < 4.78 is 5.72. The lowest BCUT2D eigenvalue weighted by Crippen LogP contribution is -2.40. The van der Waals surface area contributed by atoms with Gasteiger partial charge in [-0.05, 0) is 41.8 Å². The first-order chi connectivity index (χ1) is 10.0. The molecule has 0 N–H and O–H groups in total. The van der Waals surface area contributed by atoms with Crippen LogP contribution in [0.1, 0.15) is 30.1 Å². The monoisotopic (exact) mass is 374 g/mol. The summed E-state index contributed by atoms with van der Waals surface area (Å²) in [7, 11) is 0. The Balaban J connectivity index is 2.00. The van der Waals surface area contributed by atoms with Crippen LogP contribution < -0.4 is 0 Å². The van der Waals surface area contributed by atoms with Gasteiger partial charge in [-0.1, -0.05) is 11.6 Å². The van der Waals surface area contributed by atoms with Gasteiger partial charge in [0, 0.05) is 23.8 Å². The van der Waals surface area contributed by atoms with Crippen molar-refractivity contribution in [3.63, 3.8) is 0 Å². The minimum absolute atomic E-state index is 0.120. The number of likely N-dealkylation sites (tertiary alicyclic amines) is 1. The average molecular weight is 376 g/mol. The van der Waals surface area contributed by atoms with Gasteiger partial charge in [0.1, 0.15) is 5.15 Å². The second-order valence-electron chi connectivity index (χ2n) is 4.81. The normalized spacial score (nSPS) is 15.9. The largest absolute Gasteiger partial charge is 0.466 e. The molecule has 1 aliphatic heterocycles. The Kier molecular flexibility index (Phi) is 5.58. The first kappa shape index (κ1) is 16.2. The number of ether oxygens (including phenoxy) is 1. The smallest absolute Gasteiger partial charge is 0.309 e. The number of nitrogens with zero attached hydrogens (tertiary/aromatic N) is 2. The number of hydrogen-bond acceptors (Lipinski definition) is 4. The summed E-state index contributed by atoms with van der Waals surface area (Å²) in [5.74, 6) is -0.451. The van der Waals surface area contributed by atoms with Crippen LogP contribution in [0.25, 0.3) is 0 Å². The highest BCUT2D eigenvalue weighted by Crippen LogP contribution is 2.24. The molecule has 0 aromatic carbocycles. The summed E-state index contributed by atoms with van der Waals surface area (Å²) in [6.07, 6.45) is 2.78. The van der Waals surface area contributed by atoms with E-state index in [1.54, 1.807) is 24.1 Å². The molecule has 2 rings (SSSR count). The van der Waals surface area contributed by atoms with Crippen LogP contribution in [0.2, 0.25) is 5.15 Å². The van der Waals surface area contributed by atoms with Gasteiger partial charge >= 0.3 is 5.97 Å². The summed E-state index contributed by atoms with van der Waals surface area (Å²) >= 11 is 9.26. The molecule has 7 heteroatoms. The molecule has 0 atom stereocenters. The third kappa shape index (κ3) is 3.95. The van der Waals surface area contributed by atoms with E-state index in [4.69, 9.17) is 16.3 Å². The number of amides is 1. The minimum atomic E-state index is -0.174. The Morgan fingerprint density at radius 1 is 1.48 bits per heavy atom. The number of pyridine rings is 1. The van der Waals surface area contributed by atoms with Gasteiger partial charge in [-0.2, -0.15) is 0 Å². The van der Waals surface area contributed by atoms with Gasteiger partial charge in [0.2, 0.25) is 0 Å². The Labute approximate surface area is 136 Å². The van der Waals surface area contributed by atoms with E-state index < -0.39 is 0 Å². The first-order valence-corrected chi connectivity index (χ1v) is 7.97. The van der Waals surface area contributed by atoms with Crippen LogP contribution in [0.5, 0.6) is 0 Å². The van der Waals surface area contributed by atoms with Crippen molar-refractivity contribution in [2.45, 2.75) is 19.8 Å². The number of rotatable bonds is 3. The number of carbonyl (C=O) groups excluding carboxylic acids is 2. The molecule has 2 heterocycles. The summed E-state index contributed by atoms with van der Waals surface area (Å²) in [6.45, 7) is 3.21. The maximum Gasteiger partial charge on any atom is 0.309 e. The summed E-state index contributed by atoms with van der Waals surface area (Å²) in [5, 5.41) is 0.190. The van der Waals surface area contributed by atoms with Crippen LogP contribution in [0, 0.1) is 5.92 Å². The highest BCUT2D eigenvalue weighted by molar-refractivity contribution is 9.10.